The molecule has 0 unspecified atom stereocenters. The Morgan fingerprint density at radius 1 is 1.42 bits per heavy atom. The normalized spacial score (nSPS) is 11.2. The van der Waals surface area contributed by atoms with Crippen LogP contribution in [0.3, 0.4) is 0 Å². The van der Waals surface area contributed by atoms with E-state index in [0.29, 0.717) is 0 Å². The fraction of sp³-hybridized carbons (Fsp3) is 0.231. The summed E-state index contributed by atoms with van der Waals surface area (Å²) in [6.07, 6.45) is 4.00. The van der Waals surface area contributed by atoms with Crippen molar-refractivity contribution in [3.05, 3.63) is 36.2 Å². The summed E-state index contributed by atoms with van der Waals surface area (Å²) in [6, 6.07) is 5.84. The summed E-state index contributed by atoms with van der Waals surface area (Å²) in [7, 11) is 0. The van der Waals surface area contributed by atoms with Crippen LogP contribution in [0.1, 0.15) is 12.5 Å². The van der Waals surface area contributed by atoms with Gasteiger partial charge in [-0.3, -0.25) is 4.68 Å². The topological polar surface area (TPSA) is 56.7 Å². The summed E-state index contributed by atoms with van der Waals surface area (Å²) >= 11 is 3.43. The third-order valence-electron chi connectivity index (χ3n) is 2.77. The quantitative estimate of drug-likeness (QED) is 0.591. The number of benzene rings is 1. The number of thiazole rings is 1. The van der Waals surface area contributed by atoms with Crippen molar-refractivity contribution in [2.24, 2.45) is 0 Å². The number of fused-ring (bicyclic) bond motifs is 1. The summed E-state index contributed by atoms with van der Waals surface area (Å²) < 4.78 is 4.16. The van der Waals surface area contributed by atoms with Gasteiger partial charge in [0.25, 0.3) is 0 Å². The van der Waals surface area contributed by atoms with E-state index in [4.69, 9.17) is 5.73 Å². The van der Waals surface area contributed by atoms with E-state index in [2.05, 4.69) is 23.2 Å². The number of nitrogens with two attached hydrogens (primary N) is 1. The lowest BCUT2D eigenvalue weighted by atomic mass is 10.3. The first-order chi connectivity index (χ1) is 9.24. The first kappa shape index (κ1) is 12.5. The van der Waals surface area contributed by atoms with Crippen LogP contribution in [-0.4, -0.2) is 14.8 Å². The molecule has 19 heavy (non-hydrogen) atoms. The van der Waals surface area contributed by atoms with Crippen molar-refractivity contribution in [2.75, 3.05) is 5.73 Å². The van der Waals surface area contributed by atoms with Crippen molar-refractivity contribution in [3.8, 4) is 0 Å². The van der Waals surface area contributed by atoms with Crippen LogP contribution in [-0.2, 0) is 12.3 Å². The maximum absolute atomic E-state index is 5.78. The van der Waals surface area contributed by atoms with E-state index in [1.165, 1.54) is 5.56 Å². The molecule has 0 spiro atoms. The summed E-state index contributed by atoms with van der Waals surface area (Å²) in [5, 5.41) is 4.27. The third-order valence-corrected chi connectivity index (χ3v) is 5.00. The predicted molar refractivity (Wildman–Crippen MR) is 81.5 cm³/mol. The van der Waals surface area contributed by atoms with Gasteiger partial charge in [-0.1, -0.05) is 11.8 Å². The molecule has 0 aliphatic heterocycles. The smallest absolute Gasteiger partial charge is 0.151 e. The molecule has 1 aromatic carbocycles. The highest BCUT2D eigenvalue weighted by Crippen LogP contribution is 2.32. The van der Waals surface area contributed by atoms with Crippen molar-refractivity contribution in [1.29, 1.82) is 0 Å². The van der Waals surface area contributed by atoms with Crippen molar-refractivity contribution < 1.29 is 0 Å². The maximum atomic E-state index is 5.78. The van der Waals surface area contributed by atoms with Gasteiger partial charge >= 0.3 is 0 Å². The number of thioether (sulfide) groups is 1. The molecule has 6 heteroatoms. The molecule has 0 atom stereocenters. The van der Waals surface area contributed by atoms with Gasteiger partial charge in [-0.15, -0.1) is 11.3 Å². The highest BCUT2D eigenvalue weighted by atomic mass is 32.2. The molecular formula is C13H14N4S2. The number of aryl methyl sites for hydroxylation is 1. The van der Waals surface area contributed by atoms with Crippen LogP contribution in [0.5, 0.6) is 0 Å². The standard InChI is InChI=1S/C13H14N4S2/c1-2-17-7-9(6-15-17)8-18-13-16-11-4-3-10(14)5-12(11)19-13/h3-7H,2,8,14H2,1H3. The van der Waals surface area contributed by atoms with Crippen molar-refractivity contribution >= 4 is 39.0 Å². The zero-order valence-electron chi connectivity index (χ0n) is 10.5. The molecular weight excluding hydrogens is 276 g/mol. The molecule has 0 aliphatic rings. The average molecular weight is 290 g/mol. The molecule has 0 saturated carbocycles. The lowest BCUT2D eigenvalue weighted by Crippen LogP contribution is -1.92. The molecule has 0 saturated heterocycles. The van der Waals surface area contributed by atoms with Crippen molar-refractivity contribution in [2.45, 2.75) is 23.6 Å². The van der Waals surface area contributed by atoms with E-state index in [1.54, 1.807) is 23.1 Å². The minimum absolute atomic E-state index is 0.789. The van der Waals surface area contributed by atoms with Gasteiger partial charge in [0.1, 0.15) is 0 Å². The molecule has 2 N–H and O–H groups in total. The maximum Gasteiger partial charge on any atom is 0.151 e. The molecule has 0 amide bonds. The fourth-order valence-electron chi connectivity index (χ4n) is 1.78. The highest BCUT2D eigenvalue weighted by Gasteiger charge is 2.06. The molecule has 0 radical (unpaired) electrons. The summed E-state index contributed by atoms with van der Waals surface area (Å²) in [5.74, 6) is 0.898. The molecule has 98 valence electrons. The van der Waals surface area contributed by atoms with E-state index in [-0.39, 0.29) is 0 Å². The first-order valence-electron chi connectivity index (χ1n) is 6.05. The molecule has 2 heterocycles. The SMILES string of the molecule is CCn1cc(CSc2nc3ccc(N)cc3s2)cn1. The van der Waals surface area contributed by atoms with Crippen LogP contribution in [0.15, 0.2) is 34.9 Å². The second-order valence-corrected chi connectivity index (χ2v) is 6.45. The van der Waals surface area contributed by atoms with Gasteiger partial charge in [0, 0.05) is 29.7 Å². The van der Waals surface area contributed by atoms with Crippen LogP contribution in [0, 0.1) is 0 Å². The Balaban J connectivity index is 1.74. The van der Waals surface area contributed by atoms with Crippen LogP contribution >= 0.6 is 23.1 Å². The van der Waals surface area contributed by atoms with E-state index >= 15 is 0 Å². The van der Waals surface area contributed by atoms with E-state index in [0.717, 1.165) is 32.5 Å². The Morgan fingerprint density at radius 2 is 2.32 bits per heavy atom. The molecule has 3 rings (SSSR count). The second-order valence-electron chi connectivity index (χ2n) is 4.20. The van der Waals surface area contributed by atoms with E-state index < -0.39 is 0 Å². The summed E-state index contributed by atoms with van der Waals surface area (Å²) in [5.41, 5.74) is 8.81. The first-order valence-corrected chi connectivity index (χ1v) is 7.85. The lowest BCUT2D eigenvalue weighted by molar-refractivity contribution is 0.659. The van der Waals surface area contributed by atoms with Crippen molar-refractivity contribution in [3.63, 3.8) is 0 Å². The molecule has 0 fully saturated rings. The van der Waals surface area contributed by atoms with E-state index in [1.807, 2.05) is 29.1 Å². The number of aromatic nitrogens is 3. The fourth-order valence-corrected chi connectivity index (χ4v) is 3.81. The minimum Gasteiger partial charge on any atom is -0.399 e. The Bertz CT molecular complexity index is 702. The molecule has 0 aliphatic carbocycles. The summed E-state index contributed by atoms with van der Waals surface area (Å²) in [4.78, 5) is 4.59. The predicted octanol–water partition coefficient (Wildman–Crippen LogP) is 3.39. The number of nitrogens with zero attached hydrogens (tertiary/aromatic N) is 3. The number of nitrogen functional groups attached to an aromatic ring is 1. The number of anilines is 1. The Kier molecular flexibility index (Phi) is 3.44. The minimum atomic E-state index is 0.789. The van der Waals surface area contributed by atoms with E-state index in [9.17, 15) is 0 Å². The summed E-state index contributed by atoms with van der Waals surface area (Å²) in [6.45, 7) is 2.99. The Morgan fingerprint density at radius 3 is 3.11 bits per heavy atom. The Hall–Kier alpha value is -1.53. The second kappa shape index (κ2) is 5.22. The van der Waals surface area contributed by atoms with Gasteiger partial charge in [-0.2, -0.15) is 5.10 Å². The molecule has 3 aromatic rings. The van der Waals surface area contributed by atoms with Crippen LogP contribution < -0.4 is 5.73 Å². The highest BCUT2D eigenvalue weighted by molar-refractivity contribution is 8.00. The zero-order chi connectivity index (χ0) is 13.2. The average Bonchev–Trinajstić information content (AvgIpc) is 3.01. The van der Waals surface area contributed by atoms with Crippen LogP contribution in [0.4, 0.5) is 5.69 Å². The largest absolute Gasteiger partial charge is 0.399 e. The van der Waals surface area contributed by atoms with Gasteiger partial charge in [0.05, 0.1) is 16.4 Å². The number of hydrogen-bond acceptors (Lipinski definition) is 5. The third kappa shape index (κ3) is 2.74. The lowest BCUT2D eigenvalue weighted by Gasteiger charge is -1.93. The monoisotopic (exact) mass is 290 g/mol. The van der Waals surface area contributed by atoms with Gasteiger partial charge in [-0.25, -0.2) is 4.98 Å². The Labute approximate surface area is 119 Å². The zero-order valence-corrected chi connectivity index (χ0v) is 12.2. The molecule has 4 nitrogen and oxygen atoms in total. The van der Waals surface area contributed by atoms with Crippen LogP contribution in [0.2, 0.25) is 0 Å². The number of rotatable bonds is 4. The van der Waals surface area contributed by atoms with Crippen molar-refractivity contribution in [1.82, 2.24) is 14.8 Å². The van der Waals surface area contributed by atoms with Gasteiger partial charge in [0.2, 0.25) is 0 Å². The van der Waals surface area contributed by atoms with Crippen LogP contribution in [0.25, 0.3) is 10.2 Å². The van der Waals surface area contributed by atoms with Gasteiger partial charge in [0.15, 0.2) is 4.34 Å². The molecule has 2 aromatic heterocycles. The molecule has 0 bridgehead atoms. The van der Waals surface area contributed by atoms with Gasteiger partial charge < -0.3 is 5.73 Å². The van der Waals surface area contributed by atoms with Gasteiger partial charge in [-0.05, 0) is 25.1 Å². The number of hydrogen-bond donors (Lipinski definition) is 1.